The fraction of sp³-hybridized carbons (Fsp3) is 0.304. The van der Waals surface area contributed by atoms with Gasteiger partial charge in [0.1, 0.15) is 17.3 Å². The van der Waals surface area contributed by atoms with Crippen molar-refractivity contribution in [3.8, 4) is 11.5 Å². The fourth-order valence-electron chi connectivity index (χ4n) is 3.97. The molecule has 156 valence electrons. The monoisotopic (exact) mass is 427 g/mol. The first-order valence-corrected chi connectivity index (χ1v) is 10.3. The van der Waals surface area contributed by atoms with Crippen molar-refractivity contribution in [2.24, 2.45) is 0 Å². The van der Waals surface area contributed by atoms with E-state index in [1.165, 1.54) is 17.0 Å². The van der Waals surface area contributed by atoms with Crippen molar-refractivity contribution in [2.45, 2.75) is 32.2 Å². The summed E-state index contributed by atoms with van der Waals surface area (Å²) in [7, 11) is 0. The van der Waals surface area contributed by atoms with Gasteiger partial charge in [0.05, 0.1) is 23.2 Å². The standard InChI is InChI=1S/C23H22ClNO5/c1-2-3-9-25-20(14-4-6-17(26)16(24)12-14)19(22(28)23(25)29)21(27)15-5-7-18-13(11-15)8-10-30-18/h4-7,11-12,20,26-27H,2-3,8-10H2,1H3/b21-19-. The second-order valence-corrected chi connectivity index (χ2v) is 7.89. The Bertz CT molecular complexity index is 1060. The molecular weight excluding hydrogens is 406 g/mol. The van der Waals surface area contributed by atoms with Crippen molar-refractivity contribution < 1.29 is 24.5 Å². The molecule has 1 amide bonds. The van der Waals surface area contributed by atoms with Gasteiger partial charge in [-0.05, 0) is 47.9 Å². The first kappa shape index (κ1) is 20.3. The number of nitrogens with zero attached hydrogens (tertiary/aromatic N) is 1. The molecule has 0 saturated carbocycles. The summed E-state index contributed by atoms with van der Waals surface area (Å²) >= 11 is 6.09. The summed E-state index contributed by atoms with van der Waals surface area (Å²) in [5.74, 6) is -0.934. The number of aliphatic hydroxyl groups is 1. The number of aliphatic hydroxyl groups excluding tert-OH is 1. The molecule has 30 heavy (non-hydrogen) atoms. The van der Waals surface area contributed by atoms with E-state index in [4.69, 9.17) is 16.3 Å². The molecule has 0 aromatic heterocycles. The van der Waals surface area contributed by atoms with Crippen molar-refractivity contribution in [1.29, 1.82) is 0 Å². The third-order valence-corrected chi connectivity index (χ3v) is 5.85. The summed E-state index contributed by atoms with van der Waals surface area (Å²) in [6.07, 6.45) is 2.28. The fourth-order valence-corrected chi connectivity index (χ4v) is 4.16. The number of hydrogen-bond donors (Lipinski definition) is 2. The van der Waals surface area contributed by atoms with E-state index in [1.54, 1.807) is 24.3 Å². The molecule has 6 nitrogen and oxygen atoms in total. The third-order valence-electron chi connectivity index (χ3n) is 5.54. The van der Waals surface area contributed by atoms with Gasteiger partial charge in [-0.25, -0.2) is 0 Å². The lowest BCUT2D eigenvalue weighted by molar-refractivity contribution is -0.139. The Labute approximate surface area is 179 Å². The number of phenols is 1. The van der Waals surface area contributed by atoms with Gasteiger partial charge >= 0.3 is 0 Å². The largest absolute Gasteiger partial charge is 0.507 e. The molecule has 0 spiro atoms. The predicted octanol–water partition coefficient (Wildman–Crippen LogP) is 4.20. The minimum Gasteiger partial charge on any atom is -0.507 e. The Morgan fingerprint density at radius 3 is 2.77 bits per heavy atom. The van der Waals surface area contributed by atoms with Crippen LogP contribution in [0.1, 0.15) is 42.5 Å². The predicted molar refractivity (Wildman–Crippen MR) is 113 cm³/mol. The van der Waals surface area contributed by atoms with E-state index in [-0.39, 0.29) is 22.1 Å². The van der Waals surface area contributed by atoms with Crippen LogP contribution in [-0.2, 0) is 16.0 Å². The number of benzene rings is 2. The van der Waals surface area contributed by atoms with Crippen molar-refractivity contribution in [1.82, 2.24) is 4.90 Å². The molecule has 1 fully saturated rings. The molecular formula is C23H22ClNO5. The number of carbonyl (C=O) groups excluding carboxylic acids is 2. The number of halogens is 1. The molecule has 0 aliphatic carbocycles. The van der Waals surface area contributed by atoms with Crippen molar-refractivity contribution >= 4 is 29.1 Å². The van der Waals surface area contributed by atoms with Crippen molar-refractivity contribution in [3.63, 3.8) is 0 Å². The van der Waals surface area contributed by atoms with Gasteiger partial charge in [0, 0.05) is 18.5 Å². The van der Waals surface area contributed by atoms with Crippen LogP contribution in [0.5, 0.6) is 11.5 Å². The number of rotatable bonds is 5. The van der Waals surface area contributed by atoms with Gasteiger partial charge in [-0.1, -0.05) is 31.0 Å². The minimum absolute atomic E-state index is 0.0247. The van der Waals surface area contributed by atoms with Crippen molar-refractivity contribution in [2.75, 3.05) is 13.2 Å². The van der Waals surface area contributed by atoms with Gasteiger partial charge in [0.25, 0.3) is 11.7 Å². The lowest BCUT2D eigenvalue weighted by Gasteiger charge is -2.25. The van der Waals surface area contributed by atoms with Crippen LogP contribution in [0, 0.1) is 0 Å². The number of ether oxygens (including phenoxy) is 1. The molecule has 7 heteroatoms. The summed E-state index contributed by atoms with van der Waals surface area (Å²) < 4.78 is 5.51. The molecule has 2 aromatic rings. The van der Waals surface area contributed by atoms with E-state index >= 15 is 0 Å². The lowest BCUT2D eigenvalue weighted by Crippen LogP contribution is -2.30. The number of phenolic OH excluding ortho intramolecular Hbond substituents is 1. The Balaban J connectivity index is 1.86. The molecule has 1 unspecified atom stereocenters. The first-order chi connectivity index (χ1) is 14.4. The molecule has 2 aromatic carbocycles. The highest BCUT2D eigenvalue weighted by Crippen LogP contribution is 2.41. The molecule has 2 heterocycles. The second-order valence-electron chi connectivity index (χ2n) is 7.48. The summed E-state index contributed by atoms with van der Waals surface area (Å²) in [6, 6.07) is 9.01. The highest BCUT2D eigenvalue weighted by Gasteiger charge is 2.45. The van der Waals surface area contributed by atoms with Gasteiger partial charge in [-0.15, -0.1) is 0 Å². The van der Waals surface area contributed by atoms with Crippen LogP contribution in [0.4, 0.5) is 0 Å². The zero-order valence-electron chi connectivity index (χ0n) is 16.5. The Kier molecular flexibility index (Phi) is 5.43. The van der Waals surface area contributed by atoms with Gasteiger partial charge < -0.3 is 19.8 Å². The van der Waals surface area contributed by atoms with Gasteiger partial charge in [-0.3, -0.25) is 9.59 Å². The summed E-state index contributed by atoms with van der Waals surface area (Å²) in [5.41, 5.74) is 1.99. The van der Waals surface area contributed by atoms with E-state index < -0.39 is 17.7 Å². The lowest BCUT2D eigenvalue weighted by atomic mass is 9.94. The van der Waals surface area contributed by atoms with E-state index in [2.05, 4.69) is 0 Å². The topological polar surface area (TPSA) is 87.1 Å². The van der Waals surface area contributed by atoms with Crippen LogP contribution in [0.25, 0.3) is 5.76 Å². The minimum atomic E-state index is -0.779. The Morgan fingerprint density at radius 2 is 2.03 bits per heavy atom. The molecule has 2 aliphatic heterocycles. The number of fused-ring (bicyclic) bond motifs is 1. The van der Waals surface area contributed by atoms with Gasteiger partial charge in [0.2, 0.25) is 0 Å². The molecule has 0 radical (unpaired) electrons. The van der Waals surface area contributed by atoms with Gasteiger partial charge in [-0.2, -0.15) is 0 Å². The highest BCUT2D eigenvalue weighted by atomic mass is 35.5. The van der Waals surface area contributed by atoms with Crippen LogP contribution < -0.4 is 4.74 Å². The SMILES string of the molecule is CCCCN1C(=O)C(=O)/C(=C(\O)c2ccc3c(c2)CCO3)C1c1ccc(O)c(Cl)c1. The number of aromatic hydroxyl groups is 1. The smallest absolute Gasteiger partial charge is 0.295 e. The number of unbranched alkanes of at least 4 members (excludes halogenated alkanes) is 1. The average Bonchev–Trinajstić information content (AvgIpc) is 3.30. The third kappa shape index (κ3) is 3.41. The maximum atomic E-state index is 12.9. The quantitative estimate of drug-likeness (QED) is 0.424. The van der Waals surface area contributed by atoms with Gasteiger partial charge in [0.15, 0.2) is 0 Å². The number of likely N-dealkylation sites (tertiary alicyclic amines) is 1. The zero-order valence-corrected chi connectivity index (χ0v) is 17.3. The van der Waals surface area contributed by atoms with Crippen LogP contribution in [0.2, 0.25) is 5.02 Å². The Hall–Kier alpha value is -2.99. The summed E-state index contributed by atoms with van der Waals surface area (Å²) in [4.78, 5) is 27.2. The molecule has 0 bridgehead atoms. The van der Waals surface area contributed by atoms with Crippen LogP contribution >= 0.6 is 11.6 Å². The zero-order chi connectivity index (χ0) is 21.4. The normalized spacial score (nSPS) is 19.8. The maximum Gasteiger partial charge on any atom is 0.295 e. The molecule has 1 atom stereocenters. The van der Waals surface area contributed by atoms with Crippen LogP contribution in [0.15, 0.2) is 42.0 Å². The van der Waals surface area contributed by atoms with Crippen LogP contribution in [-0.4, -0.2) is 40.0 Å². The number of carbonyl (C=O) groups is 2. The van der Waals surface area contributed by atoms with E-state index in [9.17, 15) is 19.8 Å². The maximum absolute atomic E-state index is 12.9. The highest BCUT2D eigenvalue weighted by molar-refractivity contribution is 6.46. The first-order valence-electron chi connectivity index (χ1n) is 9.95. The number of hydrogen-bond acceptors (Lipinski definition) is 5. The van der Waals surface area contributed by atoms with E-state index in [1.807, 2.05) is 6.92 Å². The number of Topliss-reactive ketones (excluding diaryl/α,β-unsaturated/α-hetero) is 1. The number of ketones is 1. The molecule has 1 saturated heterocycles. The number of amides is 1. The van der Waals surface area contributed by atoms with Crippen molar-refractivity contribution in [3.05, 3.63) is 63.7 Å². The molecule has 2 N–H and O–H groups in total. The Morgan fingerprint density at radius 1 is 1.23 bits per heavy atom. The molecule has 4 rings (SSSR count). The average molecular weight is 428 g/mol. The van der Waals surface area contributed by atoms with Crippen LogP contribution in [0.3, 0.4) is 0 Å². The van der Waals surface area contributed by atoms with E-state index in [0.717, 1.165) is 24.2 Å². The second kappa shape index (κ2) is 8.03. The van der Waals surface area contributed by atoms with E-state index in [0.29, 0.717) is 30.7 Å². The molecule has 2 aliphatic rings. The summed E-state index contributed by atoms with van der Waals surface area (Å²) in [5, 5.41) is 21.0. The summed E-state index contributed by atoms with van der Waals surface area (Å²) in [6.45, 7) is 2.95.